The molecule has 0 radical (unpaired) electrons. The summed E-state index contributed by atoms with van der Waals surface area (Å²) in [5.74, 6) is 0. The van der Waals surface area contributed by atoms with E-state index in [2.05, 4.69) is 14.9 Å². The molecule has 0 saturated heterocycles. The maximum absolute atomic E-state index is 11.5. The van der Waals surface area contributed by atoms with Gasteiger partial charge in [-0.15, -0.1) is 0 Å². The zero-order valence-corrected chi connectivity index (χ0v) is 9.71. The van der Waals surface area contributed by atoms with Crippen molar-refractivity contribution in [1.82, 2.24) is 19.8 Å². The summed E-state index contributed by atoms with van der Waals surface area (Å²) in [6.07, 6.45) is 2.19. The topological polar surface area (TPSA) is 78.1 Å². The molecular weight excluding hydrogens is 216 g/mol. The van der Waals surface area contributed by atoms with Crippen LogP contribution in [0.1, 0.15) is 6.42 Å². The number of hydrogen-bond acceptors (Lipinski definition) is 4. The Hall–Kier alpha value is -0.920. The fourth-order valence-electron chi connectivity index (χ4n) is 1.07. The third kappa shape index (κ3) is 3.98. The molecular formula is C8H16N4O2S. The zero-order valence-electron chi connectivity index (χ0n) is 8.90. The van der Waals surface area contributed by atoms with Gasteiger partial charge in [0, 0.05) is 6.54 Å². The van der Waals surface area contributed by atoms with Gasteiger partial charge in [-0.1, -0.05) is 0 Å². The molecule has 0 saturated carbocycles. The summed E-state index contributed by atoms with van der Waals surface area (Å²) in [6.45, 7) is 1.28. The molecule has 1 aromatic rings. The Balaban J connectivity index is 2.39. The SMILES string of the molecule is CN(C)CCCNS(=O)(=O)c1ccn[nH]1. The predicted molar refractivity (Wildman–Crippen MR) is 56.9 cm³/mol. The maximum atomic E-state index is 11.5. The molecule has 0 aliphatic rings. The van der Waals surface area contributed by atoms with Crippen LogP contribution < -0.4 is 4.72 Å². The van der Waals surface area contributed by atoms with Crippen molar-refractivity contribution in [2.24, 2.45) is 0 Å². The minimum absolute atomic E-state index is 0.104. The number of sulfonamides is 1. The van der Waals surface area contributed by atoms with Gasteiger partial charge in [-0.05, 0) is 33.1 Å². The highest BCUT2D eigenvalue weighted by Crippen LogP contribution is 2.01. The molecule has 0 fully saturated rings. The average molecular weight is 232 g/mol. The van der Waals surface area contributed by atoms with Crippen LogP contribution in [0.5, 0.6) is 0 Å². The lowest BCUT2D eigenvalue weighted by atomic mass is 10.4. The monoisotopic (exact) mass is 232 g/mol. The number of nitrogens with zero attached hydrogens (tertiary/aromatic N) is 2. The number of rotatable bonds is 6. The average Bonchev–Trinajstić information content (AvgIpc) is 2.65. The van der Waals surface area contributed by atoms with Crippen LogP contribution in [0.15, 0.2) is 17.3 Å². The van der Waals surface area contributed by atoms with Crippen molar-refractivity contribution in [3.05, 3.63) is 12.3 Å². The molecule has 0 bridgehead atoms. The number of hydrogen-bond donors (Lipinski definition) is 2. The van der Waals surface area contributed by atoms with E-state index in [9.17, 15) is 8.42 Å². The molecule has 0 unspecified atom stereocenters. The van der Waals surface area contributed by atoms with Gasteiger partial charge in [-0.25, -0.2) is 13.1 Å². The first-order valence-electron chi connectivity index (χ1n) is 4.66. The Kier molecular flexibility index (Phi) is 4.25. The van der Waals surface area contributed by atoms with E-state index in [1.165, 1.54) is 12.3 Å². The number of aromatic nitrogens is 2. The molecule has 0 amide bonds. The zero-order chi connectivity index (χ0) is 11.3. The Labute approximate surface area is 89.7 Å². The molecule has 86 valence electrons. The molecule has 1 aromatic heterocycles. The van der Waals surface area contributed by atoms with Crippen molar-refractivity contribution in [3.63, 3.8) is 0 Å². The Morgan fingerprint density at radius 1 is 1.53 bits per heavy atom. The fraction of sp³-hybridized carbons (Fsp3) is 0.625. The molecule has 2 N–H and O–H groups in total. The normalized spacial score (nSPS) is 12.2. The van der Waals surface area contributed by atoms with E-state index in [1.807, 2.05) is 19.0 Å². The van der Waals surface area contributed by atoms with Gasteiger partial charge in [0.2, 0.25) is 0 Å². The van der Waals surface area contributed by atoms with Crippen LogP contribution in [-0.2, 0) is 10.0 Å². The van der Waals surface area contributed by atoms with Gasteiger partial charge in [0.25, 0.3) is 10.0 Å². The van der Waals surface area contributed by atoms with E-state index < -0.39 is 10.0 Å². The molecule has 0 aromatic carbocycles. The van der Waals surface area contributed by atoms with Gasteiger partial charge < -0.3 is 4.90 Å². The van der Waals surface area contributed by atoms with Crippen molar-refractivity contribution in [2.75, 3.05) is 27.2 Å². The van der Waals surface area contributed by atoms with Crippen LogP contribution in [0.3, 0.4) is 0 Å². The molecule has 7 heteroatoms. The number of nitrogens with one attached hydrogen (secondary N) is 2. The second-order valence-electron chi connectivity index (χ2n) is 3.48. The van der Waals surface area contributed by atoms with Gasteiger partial charge in [-0.2, -0.15) is 5.10 Å². The van der Waals surface area contributed by atoms with Crippen LogP contribution in [0.25, 0.3) is 0 Å². The molecule has 0 aliphatic carbocycles. The van der Waals surface area contributed by atoms with Gasteiger partial charge in [0.1, 0.15) is 0 Å². The molecule has 1 heterocycles. The van der Waals surface area contributed by atoms with E-state index in [-0.39, 0.29) is 5.03 Å². The lowest BCUT2D eigenvalue weighted by Crippen LogP contribution is -2.27. The molecule has 15 heavy (non-hydrogen) atoms. The highest BCUT2D eigenvalue weighted by Gasteiger charge is 2.13. The molecule has 0 aliphatic heterocycles. The summed E-state index contributed by atoms with van der Waals surface area (Å²) >= 11 is 0. The Morgan fingerprint density at radius 2 is 2.27 bits per heavy atom. The lowest BCUT2D eigenvalue weighted by molar-refractivity contribution is 0.400. The maximum Gasteiger partial charge on any atom is 0.257 e. The first kappa shape index (κ1) is 12.2. The molecule has 1 rings (SSSR count). The first-order chi connectivity index (χ1) is 7.02. The number of H-pyrrole nitrogens is 1. The largest absolute Gasteiger partial charge is 0.309 e. The van der Waals surface area contributed by atoms with Crippen molar-refractivity contribution >= 4 is 10.0 Å². The smallest absolute Gasteiger partial charge is 0.257 e. The van der Waals surface area contributed by atoms with Crippen LogP contribution in [0.2, 0.25) is 0 Å². The third-order valence-electron chi connectivity index (χ3n) is 1.84. The summed E-state index contributed by atoms with van der Waals surface area (Å²) < 4.78 is 25.6. The van der Waals surface area contributed by atoms with Crippen molar-refractivity contribution in [1.29, 1.82) is 0 Å². The standard InChI is InChI=1S/C8H16N4O2S/c1-12(2)7-3-5-10-15(13,14)8-4-6-9-11-8/h4,6,10H,3,5,7H2,1-2H3,(H,9,11). The van der Waals surface area contributed by atoms with E-state index >= 15 is 0 Å². The summed E-state index contributed by atoms with van der Waals surface area (Å²) in [5.41, 5.74) is 0. The van der Waals surface area contributed by atoms with Gasteiger partial charge in [-0.3, -0.25) is 5.10 Å². The molecule has 0 spiro atoms. The number of aromatic amines is 1. The second kappa shape index (κ2) is 5.24. The van der Waals surface area contributed by atoms with Gasteiger partial charge in [0.15, 0.2) is 5.03 Å². The van der Waals surface area contributed by atoms with Crippen molar-refractivity contribution < 1.29 is 8.42 Å². The Morgan fingerprint density at radius 3 is 2.80 bits per heavy atom. The predicted octanol–water partition coefficient (Wildman–Crippen LogP) is -0.360. The van der Waals surface area contributed by atoms with Gasteiger partial charge in [0.05, 0.1) is 6.20 Å². The van der Waals surface area contributed by atoms with Crippen LogP contribution in [0.4, 0.5) is 0 Å². The van der Waals surface area contributed by atoms with E-state index in [4.69, 9.17) is 0 Å². The highest BCUT2D eigenvalue weighted by atomic mass is 32.2. The minimum Gasteiger partial charge on any atom is -0.309 e. The lowest BCUT2D eigenvalue weighted by Gasteiger charge is -2.09. The van der Waals surface area contributed by atoms with Crippen LogP contribution >= 0.6 is 0 Å². The summed E-state index contributed by atoms with van der Waals surface area (Å²) in [5, 5.41) is 6.11. The summed E-state index contributed by atoms with van der Waals surface area (Å²) in [4.78, 5) is 2.00. The second-order valence-corrected chi connectivity index (χ2v) is 5.21. The third-order valence-corrected chi connectivity index (χ3v) is 3.23. The highest BCUT2D eigenvalue weighted by molar-refractivity contribution is 7.89. The van der Waals surface area contributed by atoms with Crippen molar-refractivity contribution in [2.45, 2.75) is 11.4 Å². The van der Waals surface area contributed by atoms with E-state index in [0.29, 0.717) is 6.54 Å². The quantitative estimate of drug-likeness (QED) is 0.657. The van der Waals surface area contributed by atoms with E-state index in [1.54, 1.807) is 0 Å². The minimum atomic E-state index is -3.40. The molecule has 0 atom stereocenters. The Bertz CT molecular complexity index is 371. The fourth-order valence-corrected chi connectivity index (χ4v) is 2.05. The summed E-state index contributed by atoms with van der Waals surface area (Å²) in [7, 11) is 0.494. The summed E-state index contributed by atoms with van der Waals surface area (Å²) in [6, 6.07) is 1.42. The van der Waals surface area contributed by atoms with Crippen LogP contribution in [0, 0.1) is 0 Å². The molecule has 6 nitrogen and oxygen atoms in total. The first-order valence-corrected chi connectivity index (χ1v) is 6.14. The van der Waals surface area contributed by atoms with Gasteiger partial charge >= 0.3 is 0 Å². The van der Waals surface area contributed by atoms with E-state index in [0.717, 1.165) is 13.0 Å². The van der Waals surface area contributed by atoms with Crippen LogP contribution in [-0.4, -0.2) is 50.7 Å². The van der Waals surface area contributed by atoms with Crippen molar-refractivity contribution in [3.8, 4) is 0 Å².